The van der Waals surface area contributed by atoms with E-state index in [9.17, 15) is 9.59 Å². The van der Waals surface area contributed by atoms with Crippen molar-refractivity contribution in [3.05, 3.63) is 93.6 Å². The first kappa shape index (κ1) is 24.4. The van der Waals surface area contributed by atoms with Crippen LogP contribution < -0.4 is 10.4 Å². The molecule has 0 amide bonds. The molecule has 3 rings (SSSR count). The Labute approximate surface area is 198 Å². The average molecular weight is 465 g/mol. The predicted molar refractivity (Wildman–Crippen MR) is 132 cm³/mol. The van der Waals surface area contributed by atoms with Gasteiger partial charge in [-0.1, -0.05) is 48.0 Å². The van der Waals surface area contributed by atoms with Crippen molar-refractivity contribution in [2.75, 3.05) is 12.4 Å². The number of hydrogen-bond acceptors (Lipinski definition) is 6. The monoisotopic (exact) mass is 464 g/mol. The molecule has 33 heavy (non-hydrogen) atoms. The van der Waals surface area contributed by atoms with Gasteiger partial charge in [0.15, 0.2) is 5.75 Å². The van der Waals surface area contributed by atoms with Crippen LogP contribution in [0.1, 0.15) is 28.0 Å². The lowest BCUT2D eigenvalue weighted by molar-refractivity contribution is 0.109. The summed E-state index contributed by atoms with van der Waals surface area (Å²) in [5.41, 5.74) is 4.44. The number of ether oxygens (including phenoxy) is 2. The summed E-state index contributed by atoms with van der Waals surface area (Å²) in [6, 6.07) is 13.8. The first-order chi connectivity index (χ1) is 15.8. The van der Waals surface area contributed by atoms with E-state index in [2.05, 4.69) is 30.8 Å². The van der Waals surface area contributed by atoms with Crippen molar-refractivity contribution >= 4 is 17.9 Å². The molecule has 0 saturated heterocycles. The lowest BCUT2D eigenvalue weighted by Gasteiger charge is -2.15. The predicted octanol–water partition coefficient (Wildman–Crippen LogP) is 6.58. The maximum Gasteiger partial charge on any atom is 0.514 e. The zero-order valence-electron chi connectivity index (χ0n) is 19.4. The number of aryl methyl sites for hydroxylation is 5. The van der Waals surface area contributed by atoms with Crippen molar-refractivity contribution in [3.63, 3.8) is 0 Å². The van der Waals surface area contributed by atoms with E-state index < -0.39 is 11.8 Å². The summed E-state index contributed by atoms with van der Waals surface area (Å²) in [5, 5.41) is 0. The van der Waals surface area contributed by atoms with E-state index in [0.717, 1.165) is 21.6 Å². The summed E-state index contributed by atoms with van der Waals surface area (Å²) in [6.07, 6.45) is 1.05. The molecule has 3 aromatic rings. The van der Waals surface area contributed by atoms with Gasteiger partial charge in [-0.25, -0.2) is 9.59 Å². The first-order valence-corrected chi connectivity index (χ1v) is 11.7. The Morgan fingerprint density at radius 1 is 1.00 bits per heavy atom. The van der Waals surface area contributed by atoms with Crippen LogP contribution in [-0.4, -0.2) is 18.5 Å². The third kappa shape index (κ3) is 6.39. The van der Waals surface area contributed by atoms with E-state index in [4.69, 9.17) is 13.9 Å². The molecular formula is C27H28O5S. The molecule has 5 nitrogen and oxygen atoms in total. The van der Waals surface area contributed by atoms with E-state index in [0.29, 0.717) is 23.5 Å². The molecule has 1 heterocycles. The highest BCUT2D eigenvalue weighted by Gasteiger charge is 2.22. The summed E-state index contributed by atoms with van der Waals surface area (Å²) in [7, 11) is 0. The van der Waals surface area contributed by atoms with Gasteiger partial charge in [0.25, 0.3) is 0 Å². The van der Waals surface area contributed by atoms with Gasteiger partial charge in [-0.3, -0.25) is 0 Å². The summed E-state index contributed by atoms with van der Waals surface area (Å²) < 4.78 is 16.1. The summed E-state index contributed by atoms with van der Waals surface area (Å²) in [4.78, 5) is 26.4. The van der Waals surface area contributed by atoms with E-state index in [1.165, 1.54) is 11.6 Å². The third-order valence-corrected chi connectivity index (χ3v) is 6.06. The minimum absolute atomic E-state index is 0.0121. The first-order valence-electron chi connectivity index (χ1n) is 10.7. The molecule has 0 radical (unpaired) electrons. The second-order valence-electron chi connectivity index (χ2n) is 7.88. The third-order valence-electron chi connectivity index (χ3n) is 5.04. The lowest BCUT2D eigenvalue weighted by atomic mass is 9.94. The van der Waals surface area contributed by atoms with Crippen LogP contribution in [0.3, 0.4) is 0 Å². The van der Waals surface area contributed by atoms with Crippen LogP contribution in [0.4, 0.5) is 4.79 Å². The Morgan fingerprint density at radius 3 is 2.30 bits per heavy atom. The second-order valence-corrected chi connectivity index (χ2v) is 9.04. The van der Waals surface area contributed by atoms with E-state index in [1.54, 1.807) is 17.8 Å². The molecule has 0 aliphatic heterocycles. The molecule has 0 aliphatic rings. The van der Waals surface area contributed by atoms with E-state index >= 15 is 0 Å². The van der Waals surface area contributed by atoms with Crippen molar-refractivity contribution < 1.29 is 18.7 Å². The van der Waals surface area contributed by atoms with Crippen LogP contribution >= 0.6 is 11.8 Å². The Morgan fingerprint density at radius 2 is 1.67 bits per heavy atom. The Bertz CT molecular complexity index is 1190. The quantitative estimate of drug-likeness (QED) is 0.213. The molecule has 0 bridgehead atoms. The molecule has 0 N–H and O–H groups in total. The number of carbonyl (C=O) groups excluding carboxylic acids is 1. The molecule has 0 unspecified atom stereocenters. The number of rotatable bonds is 8. The number of benzene rings is 2. The largest absolute Gasteiger partial charge is 0.514 e. The van der Waals surface area contributed by atoms with Gasteiger partial charge in [0.2, 0.25) is 0 Å². The smallest absolute Gasteiger partial charge is 0.430 e. The standard InChI is InChI=1S/C27H28O5S/c1-6-12-30-27(29)32-23-16-21(11-13-33-22-9-7-17(2)8-10-22)31-26(28)25(23)24-19(4)14-18(3)15-20(24)5/h6-10,14-16H,1,11-13H2,2-5H3. The topological polar surface area (TPSA) is 65.7 Å². The fourth-order valence-corrected chi connectivity index (χ4v) is 4.54. The van der Waals surface area contributed by atoms with Crippen LogP contribution in [0.2, 0.25) is 0 Å². The average Bonchev–Trinajstić information content (AvgIpc) is 2.75. The van der Waals surface area contributed by atoms with Crippen LogP contribution in [-0.2, 0) is 11.2 Å². The van der Waals surface area contributed by atoms with Crippen molar-refractivity contribution in [2.45, 2.75) is 39.0 Å². The zero-order valence-corrected chi connectivity index (χ0v) is 20.2. The van der Waals surface area contributed by atoms with Crippen molar-refractivity contribution in [1.82, 2.24) is 0 Å². The molecule has 6 heteroatoms. The zero-order chi connectivity index (χ0) is 24.0. The summed E-state index contributed by atoms with van der Waals surface area (Å²) in [6.45, 7) is 11.4. The van der Waals surface area contributed by atoms with Crippen molar-refractivity contribution in [1.29, 1.82) is 0 Å². The molecule has 0 fully saturated rings. The maximum atomic E-state index is 13.1. The van der Waals surface area contributed by atoms with Gasteiger partial charge < -0.3 is 13.9 Å². The molecule has 0 atom stereocenters. The van der Waals surface area contributed by atoms with Gasteiger partial charge in [0, 0.05) is 23.1 Å². The van der Waals surface area contributed by atoms with Gasteiger partial charge in [-0.05, 0) is 56.5 Å². The molecule has 1 aromatic heterocycles. The van der Waals surface area contributed by atoms with Gasteiger partial charge in [0.05, 0.1) is 0 Å². The van der Waals surface area contributed by atoms with Crippen molar-refractivity contribution in [2.24, 2.45) is 0 Å². The maximum absolute atomic E-state index is 13.1. The minimum Gasteiger partial charge on any atom is -0.430 e. The van der Waals surface area contributed by atoms with Crippen LogP contribution in [0.25, 0.3) is 11.1 Å². The van der Waals surface area contributed by atoms with Crippen LogP contribution in [0.15, 0.2) is 69.2 Å². The summed E-state index contributed by atoms with van der Waals surface area (Å²) >= 11 is 1.66. The number of thioether (sulfide) groups is 1. The molecule has 2 aromatic carbocycles. The fraction of sp³-hybridized carbons (Fsp3) is 0.259. The van der Waals surface area contributed by atoms with E-state index in [1.807, 2.05) is 39.8 Å². The highest BCUT2D eigenvalue weighted by atomic mass is 32.2. The fourth-order valence-electron chi connectivity index (χ4n) is 3.67. The molecule has 172 valence electrons. The second kappa shape index (κ2) is 11.1. The highest BCUT2D eigenvalue weighted by molar-refractivity contribution is 7.99. The Kier molecular flexibility index (Phi) is 8.17. The molecule has 0 aliphatic carbocycles. The minimum atomic E-state index is -0.899. The van der Waals surface area contributed by atoms with Crippen molar-refractivity contribution in [3.8, 4) is 16.9 Å². The Hall–Kier alpha value is -3.25. The van der Waals surface area contributed by atoms with Gasteiger partial charge in [0.1, 0.15) is 17.9 Å². The highest BCUT2D eigenvalue weighted by Crippen LogP contribution is 2.34. The Balaban J connectivity index is 1.94. The van der Waals surface area contributed by atoms with Gasteiger partial charge in [-0.15, -0.1) is 11.8 Å². The lowest BCUT2D eigenvalue weighted by Crippen LogP contribution is -2.16. The molecule has 0 spiro atoms. The SMILES string of the molecule is C=CCOC(=O)Oc1cc(CCSc2ccc(C)cc2)oc(=O)c1-c1c(C)cc(C)cc1C. The van der Waals surface area contributed by atoms with E-state index in [-0.39, 0.29) is 17.9 Å². The molecular weight excluding hydrogens is 436 g/mol. The van der Waals surface area contributed by atoms with Gasteiger partial charge >= 0.3 is 11.8 Å². The van der Waals surface area contributed by atoms with Crippen LogP contribution in [0.5, 0.6) is 5.75 Å². The number of hydrogen-bond donors (Lipinski definition) is 0. The normalized spacial score (nSPS) is 10.7. The summed E-state index contributed by atoms with van der Waals surface area (Å²) in [5.74, 6) is 1.27. The number of carbonyl (C=O) groups is 1. The van der Waals surface area contributed by atoms with Crippen LogP contribution in [0, 0.1) is 27.7 Å². The van der Waals surface area contributed by atoms with Gasteiger partial charge in [-0.2, -0.15) is 0 Å². The molecule has 0 saturated carbocycles.